The fourth-order valence-electron chi connectivity index (χ4n) is 6.58. The number of fused-ring (bicyclic) bond motifs is 7. The van der Waals surface area contributed by atoms with Crippen LogP contribution in [0, 0.1) is 18.8 Å². The van der Waals surface area contributed by atoms with Gasteiger partial charge >= 0.3 is 6.18 Å². The van der Waals surface area contributed by atoms with Crippen molar-refractivity contribution in [2.24, 2.45) is 11.8 Å². The van der Waals surface area contributed by atoms with Crippen LogP contribution in [0.25, 0.3) is 0 Å². The van der Waals surface area contributed by atoms with Gasteiger partial charge in [-0.05, 0) is 56.1 Å². The third-order valence-electron chi connectivity index (χ3n) is 7.71. The predicted molar refractivity (Wildman–Crippen MR) is 117 cm³/mol. The average Bonchev–Trinajstić information content (AvgIpc) is 3.46. The predicted octanol–water partition coefficient (Wildman–Crippen LogP) is 4.10. The average molecular weight is 490 g/mol. The number of carbonyl (C=O) groups excluding carboxylic acids is 3. The molecular weight excluding hydrogens is 471 g/mol. The second-order valence-corrected chi connectivity index (χ2v) is 9.74. The number of amides is 3. The van der Waals surface area contributed by atoms with E-state index in [9.17, 15) is 27.6 Å². The fraction of sp³-hybridized carbons (Fsp3) is 0.375. The van der Waals surface area contributed by atoms with Crippen LogP contribution in [0.15, 0.2) is 36.4 Å². The molecule has 1 spiro atoms. The number of nitrogens with one attached hydrogen (secondary N) is 1. The number of benzene rings is 2. The molecule has 3 fully saturated rings. The largest absolute Gasteiger partial charge is 0.418 e. The molecule has 4 unspecified atom stereocenters. The molecule has 4 atom stereocenters. The Bertz CT molecular complexity index is 1300. The summed E-state index contributed by atoms with van der Waals surface area (Å²) in [5.41, 5.74) is -1.30. The van der Waals surface area contributed by atoms with Crippen molar-refractivity contribution < 1.29 is 27.6 Å². The van der Waals surface area contributed by atoms with Gasteiger partial charge < -0.3 is 5.32 Å². The van der Waals surface area contributed by atoms with E-state index in [-0.39, 0.29) is 0 Å². The number of nitrogens with zero attached hydrogens (tertiary/aromatic N) is 2. The minimum absolute atomic E-state index is 0.377. The first-order valence-corrected chi connectivity index (χ1v) is 11.4. The summed E-state index contributed by atoms with van der Waals surface area (Å²) in [6, 6.07) is 7.44. The van der Waals surface area contributed by atoms with E-state index in [0.29, 0.717) is 46.1 Å². The van der Waals surface area contributed by atoms with Gasteiger partial charge in [0.1, 0.15) is 5.54 Å². The number of hydrogen-bond acceptors (Lipinski definition) is 4. The van der Waals surface area contributed by atoms with E-state index in [0.717, 1.165) is 12.1 Å². The van der Waals surface area contributed by atoms with Gasteiger partial charge in [0.15, 0.2) is 0 Å². The fourth-order valence-corrected chi connectivity index (χ4v) is 6.85. The van der Waals surface area contributed by atoms with E-state index in [1.165, 1.54) is 12.1 Å². The smallest absolute Gasteiger partial charge is 0.324 e. The molecule has 4 aliphatic rings. The Balaban J connectivity index is 1.58. The molecule has 0 aromatic heterocycles. The highest BCUT2D eigenvalue weighted by Crippen LogP contribution is 2.61. The number of halogens is 4. The van der Waals surface area contributed by atoms with E-state index in [2.05, 4.69) is 5.32 Å². The highest BCUT2D eigenvalue weighted by atomic mass is 35.5. The van der Waals surface area contributed by atoms with Crippen LogP contribution in [0.1, 0.15) is 29.5 Å². The number of hydrogen-bond donors (Lipinski definition) is 1. The number of para-hydroxylation sites is 1. The third kappa shape index (κ3) is 2.49. The zero-order valence-corrected chi connectivity index (χ0v) is 18.7. The Labute approximate surface area is 197 Å². The van der Waals surface area contributed by atoms with E-state index in [1.54, 1.807) is 19.1 Å². The third-order valence-corrected chi connectivity index (χ3v) is 7.93. The molecule has 176 valence electrons. The Morgan fingerprint density at radius 2 is 1.85 bits per heavy atom. The van der Waals surface area contributed by atoms with Crippen LogP contribution in [0.3, 0.4) is 0 Å². The lowest BCUT2D eigenvalue weighted by Gasteiger charge is -2.37. The monoisotopic (exact) mass is 489 g/mol. The maximum atomic E-state index is 13.9. The minimum Gasteiger partial charge on any atom is -0.324 e. The molecule has 3 amide bonds. The van der Waals surface area contributed by atoms with Gasteiger partial charge in [-0.3, -0.25) is 19.3 Å². The lowest BCUT2D eigenvalue weighted by Crippen LogP contribution is -2.54. The topological polar surface area (TPSA) is 69.7 Å². The van der Waals surface area contributed by atoms with Crippen LogP contribution in [0.5, 0.6) is 0 Å². The Morgan fingerprint density at radius 1 is 1.12 bits per heavy atom. The van der Waals surface area contributed by atoms with Crippen molar-refractivity contribution in [1.82, 2.24) is 4.90 Å². The number of alkyl halides is 3. The van der Waals surface area contributed by atoms with Crippen LogP contribution in [-0.2, 0) is 26.1 Å². The molecule has 6 nitrogen and oxygen atoms in total. The van der Waals surface area contributed by atoms with Crippen LogP contribution < -0.4 is 10.2 Å². The molecule has 4 aliphatic heterocycles. The van der Waals surface area contributed by atoms with E-state index in [4.69, 9.17) is 11.6 Å². The molecule has 4 heterocycles. The van der Waals surface area contributed by atoms with Crippen LogP contribution >= 0.6 is 11.6 Å². The quantitative estimate of drug-likeness (QED) is 0.612. The van der Waals surface area contributed by atoms with E-state index < -0.39 is 58.6 Å². The van der Waals surface area contributed by atoms with Crippen molar-refractivity contribution in [3.63, 3.8) is 0 Å². The number of imide groups is 1. The molecule has 2 aromatic carbocycles. The molecular formula is C24H19ClF3N3O3. The SMILES string of the molecule is Cc1cc(Cl)cc2c1NC(=O)C21C2C(=O)N(c3ccccc3C(F)(F)F)C(=O)C2C2CCCN21. The van der Waals surface area contributed by atoms with Gasteiger partial charge in [-0.25, -0.2) is 4.90 Å². The summed E-state index contributed by atoms with van der Waals surface area (Å²) in [5.74, 6) is -4.00. The molecule has 0 radical (unpaired) electrons. The van der Waals surface area contributed by atoms with Crippen molar-refractivity contribution in [3.05, 3.63) is 58.1 Å². The second kappa shape index (κ2) is 6.82. The zero-order valence-electron chi connectivity index (χ0n) is 17.9. The van der Waals surface area contributed by atoms with Gasteiger partial charge in [0, 0.05) is 22.3 Å². The molecule has 1 N–H and O–H groups in total. The summed E-state index contributed by atoms with van der Waals surface area (Å²) in [5, 5.41) is 3.25. The first-order valence-electron chi connectivity index (χ1n) is 11.0. The van der Waals surface area contributed by atoms with Crippen molar-refractivity contribution >= 4 is 40.7 Å². The summed E-state index contributed by atoms with van der Waals surface area (Å²) < 4.78 is 41.3. The maximum absolute atomic E-state index is 13.9. The van der Waals surface area contributed by atoms with Crippen molar-refractivity contribution in [2.45, 2.75) is 37.5 Å². The lowest BCUT2D eigenvalue weighted by molar-refractivity contribution is -0.138. The van der Waals surface area contributed by atoms with E-state index >= 15 is 0 Å². The maximum Gasteiger partial charge on any atom is 0.418 e. The summed E-state index contributed by atoms with van der Waals surface area (Å²) in [6.07, 6.45) is -3.48. The Morgan fingerprint density at radius 3 is 2.59 bits per heavy atom. The molecule has 34 heavy (non-hydrogen) atoms. The van der Waals surface area contributed by atoms with Gasteiger partial charge in [0.2, 0.25) is 17.7 Å². The highest BCUT2D eigenvalue weighted by molar-refractivity contribution is 6.31. The van der Waals surface area contributed by atoms with E-state index in [1.807, 2.05) is 4.90 Å². The second-order valence-electron chi connectivity index (χ2n) is 9.30. The van der Waals surface area contributed by atoms with Crippen LogP contribution in [0.2, 0.25) is 5.02 Å². The first-order chi connectivity index (χ1) is 16.1. The molecule has 6 rings (SSSR count). The molecule has 10 heteroatoms. The summed E-state index contributed by atoms with van der Waals surface area (Å²) >= 11 is 6.34. The normalized spacial score (nSPS) is 30.2. The van der Waals surface area contributed by atoms with Crippen molar-refractivity contribution in [1.29, 1.82) is 0 Å². The summed E-state index contributed by atoms with van der Waals surface area (Å²) in [7, 11) is 0. The first kappa shape index (κ1) is 21.6. The number of anilines is 2. The standard InChI is InChI=1S/C24H19ClF3N3O3/c1-11-9-12(25)10-14-19(11)29-22(34)23(14)18-17(16-7-4-8-30(16)23)20(32)31(21(18)33)15-6-3-2-5-13(15)24(26,27)28/h2-3,5-6,9-10,16-18H,4,7-8H2,1H3,(H,29,34). The molecule has 3 saturated heterocycles. The van der Waals surface area contributed by atoms with Gasteiger partial charge in [-0.1, -0.05) is 23.7 Å². The Kier molecular flexibility index (Phi) is 4.34. The number of rotatable bonds is 1. The molecule has 0 aliphatic carbocycles. The van der Waals surface area contributed by atoms with Gasteiger partial charge in [0.25, 0.3) is 0 Å². The molecule has 2 aromatic rings. The van der Waals surface area contributed by atoms with Crippen LogP contribution in [0.4, 0.5) is 24.5 Å². The number of aryl methyl sites for hydroxylation is 1. The molecule has 0 saturated carbocycles. The zero-order chi connectivity index (χ0) is 24.2. The summed E-state index contributed by atoms with van der Waals surface area (Å²) in [4.78, 5) is 43.8. The lowest BCUT2D eigenvalue weighted by atomic mass is 9.75. The van der Waals surface area contributed by atoms with Crippen molar-refractivity contribution in [3.8, 4) is 0 Å². The van der Waals surface area contributed by atoms with Crippen LogP contribution in [-0.4, -0.2) is 35.2 Å². The number of carbonyl (C=O) groups is 3. The van der Waals surface area contributed by atoms with Crippen molar-refractivity contribution in [2.75, 3.05) is 16.8 Å². The minimum atomic E-state index is -4.76. The van der Waals surface area contributed by atoms with Gasteiger partial charge in [-0.15, -0.1) is 0 Å². The summed E-state index contributed by atoms with van der Waals surface area (Å²) in [6.45, 7) is 2.28. The Hall–Kier alpha value is -2.91. The van der Waals surface area contributed by atoms with Gasteiger partial charge in [0.05, 0.1) is 23.1 Å². The van der Waals surface area contributed by atoms with Gasteiger partial charge in [-0.2, -0.15) is 13.2 Å². The highest BCUT2D eigenvalue weighted by Gasteiger charge is 2.75. The molecule has 0 bridgehead atoms.